The van der Waals surface area contributed by atoms with Crippen LogP contribution in [-0.4, -0.2) is 16.0 Å². The molecule has 0 aliphatic rings. The molecule has 0 saturated heterocycles. The summed E-state index contributed by atoms with van der Waals surface area (Å²) < 4.78 is 27.3. The molecule has 0 saturated carbocycles. The van der Waals surface area contributed by atoms with Crippen molar-refractivity contribution in [1.82, 2.24) is 9.88 Å². The first-order valence-corrected chi connectivity index (χ1v) is 6.91. The molecule has 0 aliphatic heterocycles. The molecule has 23 heavy (non-hydrogen) atoms. The Bertz CT molecular complexity index is 777. The van der Waals surface area contributed by atoms with Crippen molar-refractivity contribution < 1.29 is 13.7 Å². The fourth-order valence-electron chi connectivity index (χ4n) is 2.10. The van der Waals surface area contributed by atoms with Gasteiger partial charge in [-0.2, -0.15) is 0 Å². The lowest BCUT2D eigenvalue weighted by molar-refractivity contribution is -0.385. The molecule has 2 aromatic rings. The minimum Gasteiger partial charge on any atom is -0.308 e. The number of nitro groups is 1. The molecule has 1 heterocycles. The second-order valence-corrected chi connectivity index (χ2v) is 5.03. The third kappa shape index (κ3) is 4.19. The normalized spacial score (nSPS) is 12.1. The minimum atomic E-state index is -0.925. The second kappa shape index (κ2) is 7.10. The Balaban J connectivity index is 1.99. The van der Waals surface area contributed by atoms with E-state index in [0.29, 0.717) is 12.1 Å². The quantitative estimate of drug-likeness (QED) is 0.654. The molecule has 0 aliphatic carbocycles. The molecule has 0 bridgehead atoms. The van der Waals surface area contributed by atoms with Crippen LogP contribution in [0.25, 0.3) is 0 Å². The van der Waals surface area contributed by atoms with E-state index in [4.69, 9.17) is 0 Å². The molecule has 1 atom stereocenters. The predicted octanol–water partition coefficient (Wildman–Crippen LogP) is 2.39. The van der Waals surface area contributed by atoms with Gasteiger partial charge in [0.05, 0.1) is 11.1 Å². The van der Waals surface area contributed by atoms with Crippen molar-refractivity contribution in [2.45, 2.75) is 19.5 Å². The first-order chi connectivity index (χ1) is 10.9. The van der Waals surface area contributed by atoms with Gasteiger partial charge in [0.15, 0.2) is 11.6 Å². The minimum absolute atomic E-state index is 0.168. The molecule has 0 amide bonds. The highest BCUT2D eigenvalue weighted by molar-refractivity contribution is 5.24. The van der Waals surface area contributed by atoms with E-state index in [2.05, 4.69) is 5.32 Å². The fourth-order valence-corrected chi connectivity index (χ4v) is 2.10. The van der Waals surface area contributed by atoms with Gasteiger partial charge in [-0.1, -0.05) is 6.07 Å². The van der Waals surface area contributed by atoms with E-state index in [1.54, 1.807) is 6.92 Å². The van der Waals surface area contributed by atoms with Gasteiger partial charge in [-0.25, -0.2) is 8.78 Å². The van der Waals surface area contributed by atoms with Crippen molar-refractivity contribution in [3.05, 3.63) is 74.2 Å². The number of pyridine rings is 1. The fraction of sp³-hybridized carbons (Fsp3) is 0.267. The Labute approximate surface area is 130 Å². The molecule has 1 N–H and O–H groups in total. The van der Waals surface area contributed by atoms with E-state index >= 15 is 0 Å². The van der Waals surface area contributed by atoms with Crippen LogP contribution in [0.15, 0.2) is 41.3 Å². The highest BCUT2D eigenvalue weighted by atomic mass is 19.2. The number of aromatic nitrogens is 1. The zero-order chi connectivity index (χ0) is 17.0. The van der Waals surface area contributed by atoms with Crippen molar-refractivity contribution >= 4 is 5.69 Å². The second-order valence-electron chi connectivity index (χ2n) is 5.03. The van der Waals surface area contributed by atoms with E-state index in [0.717, 1.165) is 24.3 Å². The van der Waals surface area contributed by atoms with Crippen LogP contribution in [0.2, 0.25) is 0 Å². The highest BCUT2D eigenvalue weighted by Gasteiger charge is 2.10. The smallest absolute Gasteiger partial charge is 0.285 e. The van der Waals surface area contributed by atoms with E-state index in [9.17, 15) is 23.7 Å². The molecule has 8 heteroatoms. The van der Waals surface area contributed by atoms with E-state index in [1.165, 1.54) is 16.8 Å². The van der Waals surface area contributed by atoms with Crippen LogP contribution < -0.4 is 10.9 Å². The molecular formula is C15H15F2N3O3. The lowest BCUT2D eigenvalue weighted by atomic mass is 10.1. The largest absolute Gasteiger partial charge is 0.308 e. The summed E-state index contributed by atoms with van der Waals surface area (Å²) in [7, 11) is 0. The first kappa shape index (κ1) is 16.8. The number of halogens is 2. The van der Waals surface area contributed by atoms with Crippen LogP contribution in [0.1, 0.15) is 18.5 Å². The van der Waals surface area contributed by atoms with Crippen molar-refractivity contribution in [2.24, 2.45) is 0 Å². The molecule has 122 valence electrons. The summed E-state index contributed by atoms with van der Waals surface area (Å²) in [4.78, 5) is 21.8. The average Bonchev–Trinajstić information content (AvgIpc) is 2.51. The highest BCUT2D eigenvalue weighted by Crippen LogP contribution is 2.15. The summed E-state index contributed by atoms with van der Waals surface area (Å²) in [6, 6.07) is 5.64. The third-order valence-corrected chi connectivity index (χ3v) is 3.43. The number of benzene rings is 1. The Morgan fingerprint density at radius 1 is 1.26 bits per heavy atom. The molecular weight excluding hydrogens is 308 g/mol. The number of nitrogens with zero attached hydrogens (tertiary/aromatic N) is 2. The van der Waals surface area contributed by atoms with Crippen molar-refractivity contribution in [1.29, 1.82) is 0 Å². The number of rotatable bonds is 6. The Morgan fingerprint density at radius 2 is 2.00 bits per heavy atom. The molecule has 0 fully saturated rings. The van der Waals surface area contributed by atoms with Crippen molar-refractivity contribution in [2.75, 3.05) is 6.54 Å². The van der Waals surface area contributed by atoms with E-state index < -0.39 is 16.6 Å². The van der Waals surface area contributed by atoms with Gasteiger partial charge in [0.25, 0.3) is 11.2 Å². The molecule has 0 radical (unpaired) electrons. The summed E-state index contributed by atoms with van der Waals surface area (Å²) in [5.74, 6) is -1.84. The molecule has 6 nitrogen and oxygen atoms in total. The summed E-state index contributed by atoms with van der Waals surface area (Å²) in [6.07, 6.45) is 1.17. The summed E-state index contributed by atoms with van der Waals surface area (Å²) in [5.41, 5.74) is 0.0476. The van der Waals surface area contributed by atoms with Gasteiger partial charge >= 0.3 is 0 Å². The first-order valence-electron chi connectivity index (χ1n) is 6.91. The van der Waals surface area contributed by atoms with Crippen LogP contribution >= 0.6 is 0 Å². The average molecular weight is 323 g/mol. The monoisotopic (exact) mass is 323 g/mol. The summed E-state index contributed by atoms with van der Waals surface area (Å²) in [6.45, 7) is 2.32. The van der Waals surface area contributed by atoms with Gasteiger partial charge in [-0.05, 0) is 24.6 Å². The van der Waals surface area contributed by atoms with Crippen molar-refractivity contribution in [3.63, 3.8) is 0 Å². The van der Waals surface area contributed by atoms with E-state index in [1.807, 2.05) is 0 Å². The lowest BCUT2D eigenvalue weighted by Gasteiger charge is -2.15. The van der Waals surface area contributed by atoms with Crippen molar-refractivity contribution in [3.8, 4) is 0 Å². The van der Waals surface area contributed by atoms with Gasteiger partial charge < -0.3 is 9.88 Å². The van der Waals surface area contributed by atoms with Gasteiger partial charge in [0.2, 0.25) is 0 Å². The molecule has 2 rings (SSSR count). The standard InChI is InChI=1S/C15H15F2N3O3/c1-10(11-2-4-13(16)14(17)8-11)18-6-7-19-9-12(20(22)23)3-5-15(19)21/h2-5,8-10,18H,6-7H2,1H3/t10-/m0/s1. The number of hydrogen-bond donors (Lipinski definition) is 1. The zero-order valence-corrected chi connectivity index (χ0v) is 12.3. The Kier molecular flexibility index (Phi) is 5.17. The maximum atomic E-state index is 13.2. The molecule has 1 aromatic heterocycles. The maximum Gasteiger partial charge on any atom is 0.285 e. The van der Waals surface area contributed by atoms with Gasteiger partial charge in [-0.15, -0.1) is 0 Å². The van der Waals surface area contributed by atoms with Crippen LogP contribution in [-0.2, 0) is 6.54 Å². The van der Waals surface area contributed by atoms with Crippen LogP contribution in [0.4, 0.5) is 14.5 Å². The Morgan fingerprint density at radius 3 is 2.65 bits per heavy atom. The molecule has 1 aromatic carbocycles. The Hall–Kier alpha value is -2.61. The third-order valence-electron chi connectivity index (χ3n) is 3.43. The number of hydrogen-bond acceptors (Lipinski definition) is 4. The summed E-state index contributed by atoms with van der Waals surface area (Å²) in [5, 5.41) is 13.8. The maximum absolute atomic E-state index is 13.2. The van der Waals surface area contributed by atoms with E-state index in [-0.39, 0.29) is 23.8 Å². The van der Waals surface area contributed by atoms with Crippen LogP contribution in [0.5, 0.6) is 0 Å². The molecule has 0 unspecified atom stereocenters. The SMILES string of the molecule is C[C@H](NCCn1cc([N+](=O)[O-])ccc1=O)c1ccc(F)c(F)c1. The molecule has 0 spiro atoms. The number of nitrogens with one attached hydrogen (secondary N) is 1. The lowest BCUT2D eigenvalue weighted by Crippen LogP contribution is -2.28. The zero-order valence-electron chi connectivity index (χ0n) is 12.3. The predicted molar refractivity (Wildman–Crippen MR) is 80.1 cm³/mol. The van der Waals surface area contributed by atoms with Crippen LogP contribution in [0, 0.1) is 21.7 Å². The summed E-state index contributed by atoms with van der Waals surface area (Å²) >= 11 is 0. The van der Waals surface area contributed by atoms with Gasteiger partial charge in [-0.3, -0.25) is 14.9 Å². The van der Waals surface area contributed by atoms with Crippen LogP contribution in [0.3, 0.4) is 0 Å². The van der Waals surface area contributed by atoms with Gasteiger partial charge in [0, 0.05) is 31.3 Å². The van der Waals surface area contributed by atoms with Gasteiger partial charge in [0.1, 0.15) is 0 Å². The topological polar surface area (TPSA) is 77.2 Å².